The fraction of sp³-hybridized carbons (Fsp3) is 0.900. The Kier molecular flexibility index (Phi) is 1.32. The zero-order chi connectivity index (χ0) is 9.15. The monoisotopic (exact) mass is 168 g/mol. The lowest BCUT2D eigenvalue weighted by Gasteiger charge is -2.35. The maximum Gasteiger partial charge on any atom is 0.165 e. The van der Waals surface area contributed by atoms with Crippen LogP contribution in [0.5, 0.6) is 0 Å². The molecule has 2 aliphatic carbocycles. The highest BCUT2D eigenvalue weighted by Crippen LogP contribution is 2.63. The standard InChI is InChI=1S/C10H16O2/c1-9(2)6-4-5-10(9,3)8(12)7(6)11/h6,8,12H,4-5H2,1-3H3/t6?,8-,10?/m1/s1. The maximum atomic E-state index is 11.5. The van der Waals surface area contributed by atoms with Crippen molar-refractivity contribution in [2.24, 2.45) is 16.7 Å². The van der Waals surface area contributed by atoms with Gasteiger partial charge in [-0.15, -0.1) is 0 Å². The Morgan fingerprint density at radius 3 is 2.25 bits per heavy atom. The first kappa shape index (κ1) is 8.24. The summed E-state index contributed by atoms with van der Waals surface area (Å²) in [6.45, 7) is 6.26. The van der Waals surface area contributed by atoms with Crippen molar-refractivity contribution in [1.82, 2.24) is 0 Å². The van der Waals surface area contributed by atoms with Gasteiger partial charge >= 0.3 is 0 Å². The van der Waals surface area contributed by atoms with E-state index in [0.29, 0.717) is 0 Å². The highest BCUT2D eigenvalue weighted by Gasteiger charge is 2.65. The van der Waals surface area contributed by atoms with Gasteiger partial charge in [0.05, 0.1) is 0 Å². The minimum Gasteiger partial charge on any atom is -0.385 e. The van der Waals surface area contributed by atoms with E-state index in [4.69, 9.17) is 0 Å². The van der Waals surface area contributed by atoms with Gasteiger partial charge in [-0.05, 0) is 18.3 Å². The number of rotatable bonds is 0. The first-order valence-electron chi connectivity index (χ1n) is 4.63. The molecule has 2 rings (SSSR count). The van der Waals surface area contributed by atoms with E-state index in [-0.39, 0.29) is 22.5 Å². The molecule has 0 saturated heterocycles. The number of aliphatic hydroxyl groups excluding tert-OH is 1. The van der Waals surface area contributed by atoms with Crippen LogP contribution in [-0.2, 0) is 4.79 Å². The normalized spacial score (nSPS) is 50.2. The summed E-state index contributed by atoms with van der Waals surface area (Å²) in [5, 5.41) is 9.73. The molecular weight excluding hydrogens is 152 g/mol. The molecule has 0 aromatic heterocycles. The second kappa shape index (κ2) is 1.92. The van der Waals surface area contributed by atoms with Gasteiger partial charge in [0, 0.05) is 11.3 Å². The van der Waals surface area contributed by atoms with Crippen LogP contribution in [0.3, 0.4) is 0 Å². The third-order valence-corrected chi connectivity index (χ3v) is 4.51. The van der Waals surface area contributed by atoms with Crippen LogP contribution in [0.15, 0.2) is 0 Å². The number of aliphatic hydroxyl groups is 1. The van der Waals surface area contributed by atoms with E-state index < -0.39 is 6.10 Å². The van der Waals surface area contributed by atoms with E-state index in [1.807, 2.05) is 6.92 Å². The van der Waals surface area contributed by atoms with Gasteiger partial charge in [0.25, 0.3) is 0 Å². The molecule has 2 fully saturated rings. The second-order valence-electron chi connectivity index (χ2n) is 5.04. The average Bonchev–Trinajstić information content (AvgIpc) is 2.26. The van der Waals surface area contributed by atoms with Crippen molar-refractivity contribution in [2.75, 3.05) is 0 Å². The quantitative estimate of drug-likeness (QED) is 0.593. The summed E-state index contributed by atoms with van der Waals surface area (Å²) in [7, 11) is 0. The lowest BCUT2D eigenvalue weighted by molar-refractivity contribution is -0.132. The number of hydrogen-bond donors (Lipinski definition) is 1. The number of carbonyl (C=O) groups excluding carboxylic acids is 1. The molecule has 68 valence electrons. The molecule has 2 aliphatic rings. The van der Waals surface area contributed by atoms with Crippen molar-refractivity contribution >= 4 is 5.78 Å². The molecule has 0 amide bonds. The number of Topliss-reactive ketones (excluding diaryl/α,β-unsaturated/α-hetero) is 1. The van der Waals surface area contributed by atoms with Crippen molar-refractivity contribution in [3.63, 3.8) is 0 Å². The summed E-state index contributed by atoms with van der Waals surface area (Å²) in [4.78, 5) is 11.5. The fourth-order valence-electron chi connectivity index (χ4n) is 3.02. The van der Waals surface area contributed by atoms with Crippen molar-refractivity contribution in [1.29, 1.82) is 0 Å². The summed E-state index contributed by atoms with van der Waals surface area (Å²) in [6.07, 6.45) is 1.27. The number of ketones is 1. The number of hydrogen-bond acceptors (Lipinski definition) is 2. The van der Waals surface area contributed by atoms with Crippen molar-refractivity contribution in [3.8, 4) is 0 Å². The second-order valence-corrected chi connectivity index (χ2v) is 5.04. The minimum absolute atomic E-state index is 0.00347. The number of fused-ring (bicyclic) bond motifs is 2. The highest BCUT2D eigenvalue weighted by molar-refractivity contribution is 5.90. The van der Waals surface area contributed by atoms with Crippen molar-refractivity contribution in [2.45, 2.75) is 39.7 Å². The average molecular weight is 168 g/mol. The van der Waals surface area contributed by atoms with Crippen LogP contribution >= 0.6 is 0 Å². The molecule has 0 aliphatic heterocycles. The van der Waals surface area contributed by atoms with Gasteiger partial charge in [0.2, 0.25) is 0 Å². The zero-order valence-corrected chi connectivity index (χ0v) is 7.92. The van der Waals surface area contributed by atoms with E-state index in [1.54, 1.807) is 0 Å². The van der Waals surface area contributed by atoms with Crippen LogP contribution in [-0.4, -0.2) is 17.0 Å². The summed E-state index contributed by atoms with van der Waals surface area (Å²) in [5.74, 6) is 0.186. The van der Waals surface area contributed by atoms with E-state index >= 15 is 0 Å². The first-order chi connectivity index (χ1) is 5.41. The summed E-state index contributed by atoms with van der Waals surface area (Å²) in [5.41, 5.74) is -0.155. The highest BCUT2D eigenvalue weighted by atomic mass is 16.3. The van der Waals surface area contributed by atoms with E-state index in [2.05, 4.69) is 13.8 Å². The van der Waals surface area contributed by atoms with Crippen LogP contribution in [0, 0.1) is 16.7 Å². The van der Waals surface area contributed by atoms with Gasteiger partial charge in [-0.2, -0.15) is 0 Å². The van der Waals surface area contributed by atoms with E-state index in [0.717, 1.165) is 12.8 Å². The summed E-state index contributed by atoms with van der Waals surface area (Å²) < 4.78 is 0. The molecule has 0 aromatic carbocycles. The zero-order valence-electron chi connectivity index (χ0n) is 7.92. The minimum atomic E-state index is -0.703. The summed E-state index contributed by atoms with van der Waals surface area (Å²) in [6, 6.07) is 0. The molecule has 2 heteroatoms. The molecule has 12 heavy (non-hydrogen) atoms. The molecular formula is C10H16O2. The lowest BCUT2D eigenvalue weighted by atomic mass is 9.70. The predicted molar refractivity (Wildman–Crippen MR) is 45.6 cm³/mol. The molecule has 0 aromatic rings. The van der Waals surface area contributed by atoms with Gasteiger partial charge < -0.3 is 5.11 Å². The largest absolute Gasteiger partial charge is 0.385 e. The molecule has 0 heterocycles. The molecule has 1 N–H and O–H groups in total. The Bertz CT molecular complexity index is 244. The molecule has 2 bridgehead atoms. The molecule has 0 spiro atoms. The van der Waals surface area contributed by atoms with Crippen LogP contribution < -0.4 is 0 Å². The van der Waals surface area contributed by atoms with Crippen LogP contribution in [0.4, 0.5) is 0 Å². The van der Waals surface area contributed by atoms with Gasteiger partial charge in [0.1, 0.15) is 6.10 Å². The van der Waals surface area contributed by atoms with Crippen LogP contribution in [0.25, 0.3) is 0 Å². The SMILES string of the molecule is CC1(C)C2CCC1(C)[C@H](O)C2=O. The third kappa shape index (κ3) is 0.598. The Hall–Kier alpha value is -0.370. The molecule has 2 unspecified atom stereocenters. The molecule has 3 atom stereocenters. The maximum absolute atomic E-state index is 11.5. The van der Waals surface area contributed by atoms with E-state index in [9.17, 15) is 9.90 Å². The molecule has 2 saturated carbocycles. The van der Waals surface area contributed by atoms with Gasteiger partial charge in [-0.3, -0.25) is 4.79 Å². The first-order valence-corrected chi connectivity index (χ1v) is 4.63. The molecule has 2 nitrogen and oxygen atoms in total. The van der Waals surface area contributed by atoms with Gasteiger partial charge in [-0.1, -0.05) is 20.8 Å². The van der Waals surface area contributed by atoms with E-state index in [1.165, 1.54) is 0 Å². The van der Waals surface area contributed by atoms with Crippen LogP contribution in [0.2, 0.25) is 0 Å². The Morgan fingerprint density at radius 2 is 2.00 bits per heavy atom. The van der Waals surface area contributed by atoms with Crippen molar-refractivity contribution < 1.29 is 9.90 Å². The van der Waals surface area contributed by atoms with Crippen molar-refractivity contribution in [3.05, 3.63) is 0 Å². The smallest absolute Gasteiger partial charge is 0.165 e. The van der Waals surface area contributed by atoms with Gasteiger partial charge in [-0.25, -0.2) is 0 Å². The Balaban J connectivity index is 2.50. The Labute approximate surface area is 73.0 Å². The number of carbonyl (C=O) groups is 1. The predicted octanol–water partition coefficient (Wildman–Crippen LogP) is 1.37. The molecule has 0 radical (unpaired) electrons. The summed E-state index contributed by atoms with van der Waals surface area (Å²) >= 11 is 0. The van der Waals surface area contributed by atoms with Gasteiger partial charge in [0.15, 0.2) is 5.78 Å². The topological polar surface area (TPSA) is 37.3 Å². The van der Waals surface area contributed by atoms with Crippen LogP contribution in [0.1, 0.15) is 33.6 Å². The third-order valence-electron chi connectivity index (χ3n) is 4.51. The lowest BCUT2D eigenvalue weighted by Crippen LogP contribution is -2.37. The Morgan fingerprint density at radius 1 is 1.42 bits per heavy atom. The fourth-order valence-corrected chi connectivity index (χ4v) is 3.02.